The largest absolute Gasteiger partial charge is 0.497 e. The zero-order valence-corrected chi connectivity index (χ0v) is 12.5. The van der Waals surface area contributed by atoms with Gasteiger partial charge in [0.15, 0.2) is 0 Å². The fourth-order valence-corrected chi connectivity index (χ4v) is 3.14. The fourth-order valence-electron chi connectivity index (χ4n) is 2.14. The Bertz CT molecular complexity index is 593. The molecule has 1 aliphatic rings. The Balaban J connectivity index is 2.08. The zero-order chi connectivity index (χ0) is 15.5. The molecule has 0 aliphatic carbocycles. The van der Waals surface area contributed by atoms with Gasteiger partial charge in [0.05, 0.1) is 12.0 Å². The lowest BCUT2D eigenvalue weighted by Crippen LogP contribution is -2.40. The van der Waals surface area contributed by atoms with E-state index in [0.717, 1.165) is 12.8 Å². The van der Waals surface area contributed by atoms with E-state index in [4.69, 9.17) is 4.74 Å². The predicted octanol–water partition coefficient (Wildman–Crippen LogP) is 0.697. The van der Waals surface area contributed by atoms with Gasteiger partial charge in [-0.2, -0.15) is 0 Å². The number of hydrogen-bond donors (Lipinski definition) is 1. The van der Waals surface area contributed by atoms with Crippen LogP contribution in [0.3, 0.4) is 0 Å². The molecule has 1 aromatic carbocycles. The zero-order valence-electron chi connectivity index (χ0n) is 11.7. The maximum absolute atomic E-state index is 12.1. The van der Waals surface area contributed by atoms with Crippen LogP contribution in [0.2, 0.25) is 0 Å². The summed E-state index contributed by atoms with van der Waals surface area (Å²) in [6.45, 7) is 0.638. The molecule has 0 radical (unpaired) electrons. The van der Waals surface area contributed by atoms with Crippen LogP contribution in [0.5, 0.6) is 5.75 Å². The van der Waals surface area contributed by atoms with Crippen molar-refractivity contribution in [1.82, 2.24) is 9.37 Å². The van der Waals surface area contributed by atoms with Crippen LogP contribution < -0.4 is 4.74 Å². The molecule has 1 amide bonds. The molecule has 0 bridgehead atoms. The van der Waals surface area contributed by atoms with Gasteiger partial charge in [-0.1, -0.05) is 4.47 Å². The second-order valence-electron chi connectivity index (χ2n) is 4.75. The molecule has 0 unspecified atom stereocenters. The molecule has 8 heteroatoms. The number of hydrogen-bond acceptors (Lipinski definition) is 5. The maximum Gasteiger partial charge on any atom is 0.265 e. The predicted molar refractivity (Wildman–Crippen MR) is 74.5 cm³/mol. The Morgan fingerprint density at radius 3 is 2.38 bits per heavy atom. The lowest BCUT2D eigenvalue weighted by atomic mass is 10.3. The normalized spacial score (nSPS) is 15.5. The highest BCUT2D eigenvalue weighted by Gasteiger charge is 2.28. The summed E-state index contributed by atoms with van der Waals surface area (Å²) in [7, 11) is -2.63. The summed E-state index contributed by atoms with van der Waals surface area (Å²) >= 11 is 0. The third kappa shape index (κ3) is 3.52. The summed E-state index contributed by atoms with van der Waals surface area (Å²) in [6, 6.07) is 5.58. The van der Waals surface area contributed by atoms with Crippen molar-refractivity contribution in [3.63, 3.8) is 0 Å². The van der Waals surface area contributed by atoms with E-state index in [-0.39, 0.29) is 9.36 Å². The number of ether oxygens (including phenoxy) is 1. The molecule has 1 aromatic rings. The molecule has 1 heterocycles. The summed E-state index contributed by atoms with van der Waals surface area (Å²) in [6.07, 6.45) is 1.81. The van der Waals surface area contributed by atoms with Gasteiger partial charge >= 0.3 is 0 Å². The van der Waals surface area contributed by atoms with Gasteiger partial charge in [0.1, 0.15) is 12.3 Å². The first-order valence-electron chi connectivity index (χ1n) is 6.58. The van der Waals surface area contributed by atoms with Crippen molar-refractivity contribution in [1.29, 1.82) is 0 Å². The Labute approximate surface area is 123 Å². The topological polar surface area (TPSA) is 87.1 Å². The number of sulfonamides is 1. The van der Waals surface area contributed by atoms with Crippen molar-refractivity contribution >= 4 is 15.9 Å². The Hall–Kier alpha value is -1.64. The number of nitrogens with zero attached hydrogens (tertiary/aromatic N) is 2. The van der Waals surface area contributed by atoms with Gasteiger partial charge in [-0.15, -0.1) is 0 Å². The third-order valence-corrected chi connectivity index (χ3v) is 4.92. The van der Waals surface area contributed by atoms with Crippen LogP contribution in [0.25, 0.3) is 0 Å². The van der Waals surface area contributed by atoms with Crippen molar-refractivity contribution in [3.8, 4) is 5.75 Å². The number of rotatable bonds is 5. The summed E-state index contributed by atoms with van der Waals surface area (Å²) in [5.74, 6) is 0.110. The molecule has 0 saturated carbocycles. The van der Waals surface area contributed by atoms with Crippen LogP contribution in [0.1, 0.15) is 12.8 Å². The first kappa shape index (κ1) is 15.7. The van der Waals surface area contributed by atoms with E-state index >= 15 is 0 Å². The fraction of sp³-hybridized carbons (Fsp3) is 0.462. The third-order valence-electron chi connectivity index (χ3n) is 3.36. The highest BCUT2D eigenvalue weighted by atomic mass is 32.2. The number of hydroxylamine groups is 1. The molecule has 7 nitrogen and oxygen atoms in total. The molecular formula is C13H18N2O5S. The lowest BCUT2D eigenvalue weighted by molar-refractivity contribution is -0.135. The van der Waals surface area contributed by atoms with Crippen molar-refractivity contribution < 1.29 is 23.2 Å². The van der Waals surface area contributed by atoms with Gasteiger partial charge in [-0.3, -0.25) is 10.0 Å². The quantitative estimate of drug-likeness (QED) is 0.808. The second-order valence-corrected chi connectivity index (χ2v) is 6.59. The lowest BCUT2D eigenvalue weighted by Gasteiger charge is -2.19. The second kappa shape index (κ2) is 6.42. The number of methoxy groups -OCH3 is 1. The van der Waals surface area contributed by atoms with E-state index in [9.17, 15) is 18.4 Å². The molecule has 0 aromatic heterocycles. The number of amides is 1. The Morgan fingerprint density at radius 2 is 1.86 bits per heavy atom. The number of carbonyl (C=O) groups is 1. The van der Waals surface area contributed by atoms with Crippen LogP contribution in [0.4, 0.5) is 0 Å². The molecule has 1 aliphatic heterocycles. The average Bonchev–Trinajstić information content (AvgIpc) is 3.01. The first-order valence-corrected chi connectivity index (χ1v) is 8.02. The van der Waals surface area contributed by atoms with Crippen LogP contribution in [0.15, 0.2) is 29.2 Å². The van der Waals surface area contributed by atoms with E-state index in [2.05, 4.69) is 0 Å². The highest BCUT2D eigenvalue weighted by molar-refractivity contribution is 7.89. The van der Waals surface area contributed by atoms with Gasteiger partial charge in [0.2, 0.25) is 5.91 Å². The molecule has 0 atom stereocenters. The Morgan fingerprint density at radius 1 is 1.29 bits per heavy atom. The van der Waals surface area contributed by atoms with Crippen LogP contribution >= 0.6 is 0 Å². The van der Waals surface area contributed by atoms with Crippen LogP contribution in [-0.2, 0) is 14.8 Å². The minimum atomic E-state index is -4.10. The van der Waals surface area contributed by atoms with Gasteiger partial charge < -0.3 is 9.64 Å². The van der Waals surface area contributed by atoms with Gasteiger partial charge in [0, 0.05) is 13.1 Å². The van der Waals surface area contributed by atoms with Crippen molar-refractivity contribution in [3.05, 3.63) is 24.3 Å². The number of benzene rings is 1. The average molecular weight is 314 g/mol. The molecule has 0 spiro atoms. The summed E-state index contributed by atoms with van der Waals surface area (Å²) in [4.78, 5) is 13.3. The highest BCUT2D eigenvalue weighted by Crippen LogP contribution is 2.18. The van der Waals surface area contributed by atoms with Crippen molar-refractivity contribution in [2.45, 2.75) is 17.7 Å². The molecule has 21 heavy (non-hydrogen) atoms. The molecule has 1 saturated heterocycles. The van der Waals surface area contributed by atoms with E-state index < -0.39 is 22.5 Å². The molecular weight excluding hydrogens is 296 g/mol. The van der Waals surface area contributed by atoms with Crippen molar-refractivity contribution in [2.24, 2.45) is 0 Å². The van der Waals surface area contributed by atoms with Crippen LogP contribution in [-0.4, -0.2) is 55.6 Å². The summed E-state index contributed by atoms with van der Waals surface area (Å²) < 4.78 is 29.3. The van der Waals surface area contributed by atoms with Gasteiger partial charge in [0.25, 0.3) is 10.0 Å². The van der Waals surface area contributed by atoms with E-state index in [1.807, 2.05) is 0 Å². The SMILES string of the molecule is COc1ccc(S(=O)(=O)N(O)CC(=O)N2CCCC2)cc1. The standard InChI is InChI=1S/C13H18N2O5S/c1-20-11-4-6-12(7-5-11)21(18,19)15(17)10-13(16)14-8-2-3-9-14/h4-7,17H,2-3,8-10H2,1H3. The minimum Gasteiger partial charge on any atom is -0.497 e. The van der Waals surface area contributed by atoms with E-state index in [0.29, 0.717) is 18.8 Å². The van der Waals surface area contributed by atoms with Crippen molar-refractivity contribution in [2.75, 3.05) is 26.7 Å². The molecule has 1 N–H and O–H groups in total. The molecule has 1 fully saturated rings. The monoisotopic (exact) mass is 314 g/mol. The Kier molecular flexibility index (Phi) is 4.81. The minimum absolute atomic E-state index is 0.0927. The number of likely N-dealkylation sites (tertiary alicyclic amines) is 1. The number of carbonyl (C=O) groups excluding carboxylic acids is 1. The molecule has 2 rings (SSSR count). The molecule has 116 valence electrons. The van der Waals surface area contributed by atoms with Crippen LogP contribution in [0, 0.1) is 0 Å². The summed E-state index contributed by atoms with van der Waals surface area (Å²) in [5, 5.41) is 9.75. The van der Waals surface area contributed by atoms with Gasteiger partial charge in [-0.05, 0) is 37.1 Å². The van der Waals surface area contributed by atoms with E-state index in [1.54, 1.807) is 4.90 Å². The smallest absolute Gasteiger partial charge is 0.265 e. The van der Waals surface area contributed by atoms with E-state index in [1.165, 1.54) is 31.4 Å². The van der Waals surface area contributed by atoms with Gasteiger partial charge in [-0.25, -0.2) is 8.42 Å². The maximum atomic E-state index is 12.1. The first-order chi connectivity index (χ1) is 9.95. The summed E-state index contributed by atoms with van der Waals surface area (Å²) in [5.41, 5.74) is 0.